The summed E-state index contributed by atoms with van der Waals surface area (Å²) >= 11 is 5.85. The van der Waals surface area contributed by atoms with Crippen molar-refractivity contribution in [1.29, 1.82) is 0 Å². The maximum Gasteiger partial charge on any atom is 0.306 e. The van der Waals surface area contributed by atoms with Crippen molar-refractivity contribution < 1.29 is 22.9 Å². The molecule has 0 unspecified atom stereocenters. The number of furan rings is 1. The standard InChI is InChI=1S/C18H13ClN4O5/c19-12-5-3-11(4-6-12)17-20-14(28-23-17)7-8-16(24)26-10-15-21-22-18(27-15)13-2-1-9-25-13/h1-6,9H,7-8,10H2. The Labute approximate surface area is 163 Å². The van der Waals surface area contributed by atoms with Crippen LogP contribution < -0.4 is 0 Å². The normalized spacial score (nSPS) is 10.9. The van der Waals surface area contributed by atoms with Gasteiger partial charge in [0, 0.05) is 17.0 Å². The van der Waals surface area contributed by atoms with Gasteiger partial charge in [-0.15, -0.1) is 10.2 Å². The Hall–Kier alpha value is -3.46. The van der Waals surface area contributed by atoms with E-state index in [1.807, 2.05) is 0 Å². The highest BCUT2D eigenvalue weighted by Crippen LogP contribution is 2.20. The van der Waals surface area contributed by atoms with Gasteiger partial charge in [0.25, 0.3) is 11.8 Å². The van der Waals surface area contributed by atoms with Gasteiger partial charge in [0.15, 0.2) is 12.4 Å². The molecule has 0 aliphatic rings. The fraction of sp³-hybridized carbons (Fsp3) is 0.167. The summed E-state index contributed by atoms with van der Waals surface area (Å²) in [4.78, 5) is 16.2. The second kappa shape index (κ2) is 8.05. The first-order valence-corrected chi connectivity index (χ1v) is 8.65. The van der Waals surface area contributed by atoms with Crippen molar-refractivity contribution in [2.24, 2.45) is 0 Å². The van der Waals surface area contributed by atoms with Gasteiger partial charge < -0.3 is 18.1 Å². The van der Waals surface area contributed by atoms with E-state index in [1.54, 1.807) is 36.4 Å². The van der Waals surface area contributed by atoms with Crippen LogP contribution in [0.2, 0.25) is 5.02 Å². The van der Waals surface area contributed by atoms with E-state index in [-0.39, 0.29) is 31.2 Å². The number of carbonyl (C=O) groups excluding carboxylic acids is 1. The number of nitrogens with zero attached hydrogens (tertiary/aromatic N) is 4. The van der Waals surface area contributed by atoms with Crippen LogP contribution in [0.3, 0.4) is 0 Å². The molecular formula is C18H13ClN4O5. The van der Waals surface area contributed by atoms with Gasteiger partial charge in [-0.25, -0.2) is 0 Å². The molecule has 28 heavy (non-hydrogen) atoms. The summed E-state index contributed by atoms with van der Waals surface area (Å²) in [6.07, 6.45) is 1.82. The van der Waals surface area contributed by atoms with Crippen molar-refractivity contribution in [3.8, 4) is 23.0 Å². The summed E-state index contributed by atoms with van der Waals surface area (Å²) in [5, 5.41) is 12.1. The molecule has 4 rings (SSSR count). The molecule has 10 heteroatoms. The zero-order valence-corrected chi connectivity index (χ0v) is 15.1. The van der Waals surface area contributed by atoms with Gasteiger partial charge in [-0.3, -0.25) is 4.79 Å². The number of rotatable bonds is 7. The number of hydrogen-bond acceptors (Lipinski definition) is 9. The highest BCUT2D eigenvalue weighted by molar-refractivity contribution is 6.30. The van der Waals surface area contributed by atoms with Crippen molar-refractivity contribution in [3.63, 3.8) is 0 Å². The minimum absolute atomic E-state index is 0.0709. The lowest BCUT2D eigenvalue weighted by atomic mass is 10.2. The van der Waals surface area contributed by atoms with Crippen LogP contribution in [0.5, 0.6) is 0 Å². The smallest absolute Gasteiger partial charge is 0.306 e. The fourth-order valence-electron chi connectivity index (χ4n) is 2.31. The third-order valence-electron chi connectivity index (χ3n) is 3.67. The Balaban J connectivity index is 1.26. The minimum atomic E-state index is -0.455. The van der Waals surface area contributed by atoms with E-state index in [2.05, 4.69) is 20.3 Å². The number of aromatic nitrogens is 4. The molecule has 0 aliphatic carbocycles. The number of aryl methyl sites for hydroxylation is 1. The van der Waals surface area contributed by atoms with E-state index in [1.165, 1.54) is 6.26 Å². The van der Waals surface area contributed by atoms with Crippen LogP contribution in [0, 0.1) is 0 Å². The predicted molar refractivity (Wildman–Crippen MR) is 94.9 cm³/mol. The Morgan fingerprint density at radius 3 is 2.75 bits per heavy atom. The monoisotopic (exact) mass is 400 g/mol. The zero-order chi connectivity index (χ0) is 19.3. The second-order valence-electron chi connectivity index (χ2n) is 5.66. The van der Waals surface area contributed by atoms with Gasteiger partial charge in [-0.1, -0.05) is 16.8 Å². The van der Waals surface area contributed by atoms with Gasteiger partial charge in [0.05, 0.1) is 12.7 Å². The van der Waals surface area contributed by atoms with Crippen molar-refractivity contribution in [2.75, 3.05) is 0 Å². The molecule has 0 spiro atoms. The molecule has 9 nitrogen and oxygen atoms in total. The van der Waals surface area contributed by atoms with Crippen LogP contribution in [0.4, 0.5) is 0 Å². The third-order valence-corrected chi connectivity index (χ3v) is 3.92. The van der Waals surface area contributed by atoms with Crippen LogP contribution in [0.1, 0.15) is 18.2 Å². The number of ether oxygens (including phenoxy) is 1. The molecule has 0 atom stereocenters. The number of hydrogen-bond donors (Lipinski definition) is 0. The molecule has 0 bridgehead atoms. The lowest BCUT2D eigenvalue weighted by molar-refractivity contribution is -0.145. The number of esters is 1. The van der Waals surface area contributed by atoms with Gasteiger partial charge in [0.2, 0.25) is 11.7 Å². The summed E-state index contributed by atoms with van der Waals surface area (Å²) in [6, 6.07) is 10.4. The molecule has 1 aromatic carbocycles. The Kier molecular flexibility index (Phi) is 5.16. The van der Waals surface area contributed by atoms with E-state index >= 15 is 0 Å². The molecule has 3 heterocycles. The van der Waals surface area contributed by atoms with Gasteiger partial charge >= 0.3 is 5.97 Å². The van der Waals surface area contributed by atoms with E-state index in [0.29, 0.717) is 22.5 Å². The summed E-state index contributed by atoms with van der Waals surface area (Å²) in [5.41, 5.74) is 0.769. The molecule has 0 N–H and O–H groups in total. The topological polar surface area (TPSA) is 117 Å². The largest absolute Gasteiger partial charge is 0.459 e. The zero-order valence-electron chi connectivity index (χ0n) is 14.4. The number of carbonyl (C=O) groups is 1. The van der Waals surface area contributed by atoms with Crippen molar-refractivity contribution >= 4 is 17.6 Å². The molecule has 142 valence electrons. The molecule has 0 saturated heterocycles. The molecule has 0 aliphatic heterocycles. The number of halogens is 1. The average Bonchev–Trinajstić information content (AvgIpc) is 3.46. The Bertz CT molecular complexity index is 1060. The van der Waals surface area contributed by atoms with Gasteiger partial charge in [0.1, 0.15) is 0 Å². The highest BCUT2D eigenvalue weighted by atomic mass is 35.5. The van der Waals surface area contributed by atoms with E-state index in [4.69, 9.17) is 29.7 Å². The van der Waals surface area contributed by atoms with Gasteiger partial charge in [-0.05, 0) is 36.4 Å². The van der Waals surface area contributed by atoms with E-state index in [9.17, 15) is 4.79 Å². The SMILES string of the molecule is O=C(CCc1nc(-c2ccc(Cl)cc2)no1)OCc1nnc(-c2ccco2)o1. The van der Waals surface area contributed by atoms with Crippen molar-refractivity contribution in [2.45, 2.75) is 19.4 Å². The first-order valence-electron chi connectivity index (χ1n) is 8.28. The van der Waals surface area contributed by atoms with E-state index in [0.717, 1.165) is 5.56 Å². The maximum atomic E-state index is 11.9. The average molecular weight is 401 g/mol. The first kappa shape index (κ1) is 17.9. The minimum Gasteiger partial charge on any atom is -0.459 e. The summed E-state index contributed by atoms with van der Waals surface area (Å²) < 4.78 is 20.8. The summed E-state index contributed by atoms with van der Waals surface area (Å²) in [6.45, 7) is -0.133. The molecule has 0 amide bonds. The first-order chi connectivity index (χ1) is 13.7. The van der Waals surface area contributed by atoms with Crippen LogP contribution in [-0.4, -0.2) is 26.3 Å². The Morgan fingerprint density at radius 2 is 1.96 bits per heavy atom. The lowest BCUT2D eigenvalue weighted by Crippen LogP contribution is -2.06. The Morgan fingerprint density at radius 1 is 1.11 bits per heavy atom. The predicted octanol–water partition coefficient (Wildman–Crippen LogP) is 3.71. The molecule has 0 fully saturated rings. The van der Waals surface area contributed by atoms with Crippen LogP contribution >= 0.6 is 11.6 Å². The van der Waals surface area contributed by atoms with Crippen LogP contribution in [0.15, 0.2) is 56.0 Å². The fourth-order valence-corrected chi connectivity index (χ4v) is 2.43. The molecule has 0 radical (unpaired) electrons. The van der Waals surface area contributed by atoms with E-state index < -0.39 is 5.97 Å². The van der Waals surface area contributed by atoms with Crippen LogP contribution in [0.25, 0.3) is 23.0 Å². The highest BCUT2D eigenvalue weighted by Gasteiger charge is 2.14. The quantitative estimate of drug-likeness (QED) is 0.427. The second-order valence-corrected chi connectivity index (χ2v) is 6.09. The lowest BCUT2D eigenvalue weighted by Gasteiger charge is -1.99. The molecule has 4 aromatic rings. The molecule has 0 saturated carbocycles. The van der Waals surface area contributed by atoms with Crippen molar-refractivity contribution in [3.05, 3.63) is 59.5 Å². The summed E-state index contributed by atoms with van der Waals surface area (Å²) in [7, 11) is 0. The van der Waals surface area contributed by atoms with Crippen LogP contribution in [-0.2, 0) is 22.6 Å². The third kappa shape index (κ3) is 4.26. The summed E-state index contributed by atoms with van der Waals surface area (Å²) in [5.74, 6) is 1.14. The number of benzene rings is 1. The maximum absolute atomic E-state index is 11.9. The molecule has 3 aromatic heterocycles. The van der Waals surface area contributed by atoms with Gasteiger partial charge in [-0.2, -0.15) is 4.98 Å². The molecular weight excluding hydrogens is 388 g/mol. The van der Waals surface area contributed by atoms with Crippen molar-refractivity contribution in [1.82, 2.24) is 20.3 Å².